The summed E-state index contributed by atoms with van der Waals surface area (Å²) in [6.45, 7) is 3.39. The van der Waals surface area contributed by atoms with Gasteiger partial charge in [-0.1, -0.05) is 41.4 Å². The molecule has 1 aromatic heterocycles. The minimum atomic E-state index is 0. The van der Waals surface area contributed by atoms with E-state index in [1.807, 2.05) is 42.5 Å². The zero-order valence-corrected chi connectivity index (χ0v) is 16.6. The van der Waals surface area contributed by atoms with Gasteiger partial charge in [0, 0.05) is 24.0 Å². The molecule has 1 aliphatic rings. The summed E-state index contributed by atoms with van der Waals surface area (Å²) in [6.07, 6.45) is 2.01. The molecule has 0 saturated heterocycles. The second kappa shape index (κ2) is 8.53. The van der Waals surface area contributed by atoms with Crippen LogP contribution in [0.2, 0.25) is 10.0 Å². The number of nitrogens with one attached hydrogen (secondary N) is 1. The summed E-state index contributed by atoms with van der Waals surface area (Å²) in [5, 5.41) is 5.91. The van der Waals surface area contributed by atoms with Gasteiger partial charge in [0.1, 0.15) is 12.4 Å². The van der Waals surface area contributed by atoms with E-state index in [9.17, 15) is 0 Å². The number of ether oxygens (including phenoxy) is 1. The molecule has 3 aromatic rings. The van der Waals surface area contributed by atoms with Crippen LogP contribution in [0.5, 0.6) is 5.75 Å². The Morgan fingerprint density at radius 1 is 1.00 bits per heavy atom. The van der Waals surface area contributed by atoms with Crippen LogP contribution in [-0.2, 0) is 19.4 Å². The molecule has 138 valence electrons. The maximum absolute atomic E-state index is 6.30. The van der Waals surface area contributed by atoms with Gasteiger partial charge in [0.2, 0.25) is 0 Å². The first kappa shape index (κ1) is 19.4. The number of benzene rings is 2. The fraction of sp³-hybridized carbons (Fsp3) is 0.300. The molecule has 2 heterocycles. The van der Waals surface area contributed by atoms with Crippen molar-refractivity contribution in [1.82, 2.24) is 9.88 Å². The molecule has 0 unspecified atom stereocenters. The Morgan fingerprint density at radius 2 is 1.73 bits per heavy atom. The number of fused-ring (bicyclic) bond motifs is 3. The molecule has 0 spiro atoms. The predicted octanol–water partition coefficient (Wildman–Crippen LogP) is 5.14. The van der Waals surface area contributed by atoms with Crippen molar-refractivity contribution in [3.05, 3.63) is 63.8 Å². The lowest BCUT2D eigenvalue weighted by atomic mass is 10.1. The first-order valence-corrected chi connectivity index (χ1v) is 9.37. The van der Waals surface area contributed by atoms with E-state index in [4.69, 9.17) is 27.9 Å². The SMILES string of the molecule is Cl.Clc1cc2c3c(n(CCOc4ccccc4)c2cc1Cl)CCNCC3. The second-order valence-electron chi connectivity index (χ2n) is 6.27. The van der Waals surface area contributed by atoms with Crippen LogP contribution < -0.4 is 10.1 Å². The molecule has 0 atom stereocenters. The molecular weight excluding hydrogens is 391 g/mol. The molecule has 4 rings (SSSR count). The van der Waals surface area contributed by atoms with Gasteiger partial charge in [0.05, 0.1) is 22.1 Å². The normalized spacial score (nSPS) is 13.8. The minimum absolute atomic E-state index is 0. The fourth-order valence-electron chi connectivity index (χ4n) is 3.60. The van der Waals surface area contributed by atoms with Gasteiger partial charge in [-0.05, 0) is 42.8 Å². The average molecular weight is 412 g/mol. The van der Waals surface area contributed by atoms with Crippen molar-refractivity contribution in [2.45, 2.75) is 19.4 Å². The lowest BCUT2D eigenvalue weighted by Crippen LogP contribution is -2.18. The smallest absolute Gasteiger partial charge is 0.119 e. The molecule has 26 heavy (non-hydrogen) atoms. The van der Waals surface area contributed by atoms with E-state index in [1.54, 1.807) is 0 Å². The summed E-state index contributed by atoms with van der Waals surface area (Å²) in [7, 11) is 0. The number of nitrogens with zero attached hydrogens (tertiary/aromatic N) is 1. The first-order valence-electron chi connectivity index (χ1n) is 8.61. The highest BCUT2D eigenvalue weighted by Crippen LogP contribution is 2.34. The van der Waals surface area contributed by atoms with Gasteiger partial charge in [-0.3, -0.25) is 0 Å². The molecule has 0 saturated carbocycles. The lowest BCUT2D eigenvalue weighted by molar-refractivity contribution is 0.299. The maximum Gasteiger partial charge on any atom is 0.119 e. The second-order valence-corrected chi connectivity index (χ2v) is 7.09. The van der Waals surface area contributed by atoms with Crippen molar-refractivity contribution in [3.8, 4) is 5.75 Å². The van der Waals surface area contributed by atoms with Crippen LogP contribution in [0.25, 0.3) is 10.9 Å². The Bertz CT molecular complexity index is 893. The quantitative estimate of drug-likeness (QED) is 0.643. The van der Waals surface area contributed by atoms with Gasteiger partial charge in [-0.15, -0.1) is 12.4 Å². The van der Waals surface area contributed by atoms with Crippen molar-refractivity contribution in [2.75, 3.05) is 19.7 Å². The lowest BCUT2D eigenvalue weighted by Gasteiger charge is -2.12. The summed E-state index contributed by atoms with van der Waals surface area (Å²) in [5.74, 6) is 0.896. The summed E-state index contributed by atoms with van der Waals surface area (Å²) >= 11 is 12.6. The van der Waals surface area contributed by atoms with Gasteiger partial charge in [0.25, 0.3) is 0 Å². The van der Waals surface area contributed by atoms with Crippen LogP contribution in [0.15, 0.2) is 42.5 Å². The highest BCUT2D eigenvalue weighted by atomic mass is 35.5. The van der Waals surface area contributed by atoms with Crippen LogP contribution in [0.3, 0.4) is 0 Å². The Kier molecular flexibility index (Phi) is 6.36. The summed E-state index contributed by atoms with van der Waals surface area (Å²) in [6, 6.07) is 13.9. The third-order valence-electron chi connectivity index (χ3n) is 4.75. The van der Waals surface area contributed by atoms with E-state index < -0.39 is 0 Å². The number of rotatable bonds is 4. The summed E-state index contributed by atoms with van der Waals surface area (Å²) in [4.78, 5) is 0. The van der Waals surface area contributed by atoms with Crippen LogP contribution in [0.4, 0.5) is 0 Å². The first-order chi connectivity index (χ1) is 12.2. The van der Waals surface area contributed by atoms with Crippen LogP contribution in [0, 0.1) is 0 Å². The maximum atomic E-state index is 6.30. The Morgan fingerprint density at radius 3 is 2.54 bits per heavy atom. The average Bonchev–Trinajstić information content (AvgIpc) is 2.79. The molecule has 1 aliphatic heterocycles. The van der Waals surface area contributed by atoms with Gasteiger partial charge in [0.15, 0.2) is 0 Å². The summed E-state index contributed by atoms with van der Waals surface area (Å²) in [5.41, 5.74) is 3.91. The van der Waals surface area contributed by atoms with Gasteiger partial charge in [-0.2, -0.15) is 0 Å². The van der Waals surface area contributed by atoms with Crippen molar-refractivity contribution in [1.29, 1.82) is 0 Å². The topological polar surface area (TPSA) is 26.2 Å². The van der Waals surface area contributed by atoms with Crippen LogP contribution in [0.1, 0.15) is 11.3 Å². The van der Waals surface area contributed by atoms with E-state index in [2.05, 4.69) is 9.88 Å². The highest BCUT2D eigenvalue weighted by Gasteiger charge is 2.20. The standard InChI is InChI=1S/C20H20Cl2N2O.ClH/c21-17-12-16-15-6-8-23-9-7-19(15)24(20(16)13-18(17)22)10-11-25-14-4-2-1-3-5-14;/h1-5,12-13,23H,6-11H2;1H. The van der Waals surface area contributed by atoms with E-state index >= 15 is 0 Å². The zero-order chi connectivity index (χ0) is 17.2. The van der Waals surface area contributed by atoms with Crippen molar-refractivity contribution < 1.29 is 4.74 Å². The van der Waals surface area contributed by atoms with E-state index in [0.29, 0.717) is 16.7 Å². The third-order valence-corrected chi connectivity index (χ3v) is 5.47. The zero-order valence-electron chi connectivity index (χ0n) is 14.3. The fourth-order valence-corrected chi connectivity index (χ4v) is 3.92. The van der Waals surface area contributed by atoms with Crippen molar-refractivity contribution >= 4 is 46.5 Å². The number of para-hydroxylation sites is 1. The van der Waals surface area contributed by atoms with Crippen molar-refractivity contribution in [2.24, 2.45) is 0 Å². The number of halogens is 3. The molecule has 0 fully saturated rings. The van der Waals surface area contributed by atoms with Crippen molar-refractivity contribution in [3.63, 3.8) is 0 Å². The largest absolute Gasteiger partial charge is 0.492 e. The molecule has 0 bridgehead atoms. The molecule has 0 amide bonds. The minimum Gasteiger partial charge on any atom is -0.492 e. The van der Waals surface area contributed by atoms with Crippen LogP contribution >= 0.6 is 35.6 Å². The number of aromatic nitrogens is 1. The predicted molar refractivity (Wildman–Crippen MR) is 111 cm³/mol. The van der Waals surface area contributed by atoms with Gasteiger partial charge >= 0.3 is 0 Å². The molecule has 0 aliphatic carbocycles. The van der Waals surface area contributed by atoms with Gasteiger partial charge in [-0.25, -0.2) is 0 Å². The molecular formula is C20H21Cl3N2O. The Balaban J connectivity index is 0.00000196. The third kappa shape index (κ3) is 3.81. The van der Waals surface area contributed by atoms with E-state index in [-0.39, 0.29) is 12.4 Å². The van der Waals surface area contributed by atoms with Gasteiger partial charge < -0.3 is 14.6 Å². The Hall–Kier alpha value is -1.39. The molecule has 6 heteroatoms. The highest BCUT2D eigenvalue weighted by molar-refractivity contribution is 6.42. The number of hydrogen-bond donors (Lipinski definition) is 1. The monoisotopic (exact) mass is 410 g/mol. The summed E-state index contributed by atoms with van der Waals surface area (Å²) < 4.78 is 8.26. The van der Waals surface area contributed by atoms with E-state index in [1.165, 1.54) is 16.6 Å². The number of hydrogen-bond acceptors (Lipinski definition) is 2. The van der Waals surface area contributed by atoms with E-state index in [0.717, 1.165) is 43.7 Å². The molecule has 2 aromatic carbocycles. The molecule has 3 nitrogen and oxygen atoms in total. The molecule has 0 radical (unpaired) electrons. The van der Waals surface area contributed by atoms with Crippen LogP contribution in [-0.4, -0.2) is 24.3 Å². The molecule has 1 N–H and O–H groups in total. The Labute approximate surface area is 169 Å².